The van der Waals surface area contributed by atoms with Gasteiger partial charge in [-0.25, -0.2) is 9.97 Å². The Balaban J connectivity index is 1.88. The quantitative estimate of drug-likeness (QED) is 0.788. The Labute approximate surface area is 119 Å². The molecule has 1 atom stereocenters. The number of aryl methyl sites for hydroxylation is 1. The zero-order chi connectivity index (χ0) is 13.2. The van der Waals surface area contributed by atoms with Crippen LogP contribution >= 0.6 is 11.6 Å². The van der Waals surface area contributed by atoms with Gasteiger partial charge >= 0.3 is 0 Å². The lowest BCUT2D eigenvalue weighted by molar-refractivity contribution is 0.0288. The van der Waals surface area contributed by atoms with Crippen LogP contribution in [0.1, 0.15) is 61.7 Å². The van der Waals surface area contributed by atoms with Crippen LogP contribution in [0.5, 0.6) is 0 Å². The zero-order valence-corrected chi connectivity index (χ0v) is 12.2. The first-order valence-electron chi connectivity index (χ1n) is 7.37. The maximum Gasteiger partial charge on any atom is 0.159 e. The highest BCUT2D eigenvalue weighted by molar-refractivity contribution is 6.30. The third-order valence-corrected chi connectivity index (χ3v) is 4.80. The summed E-state index contributed by atoms with van der Waals surface area (Å²) >= 11 is 6.31. The molecular weight excluding hydrogens is 260 g/mol. The minimum atomic E-state index is 0.0173. The SMILES string of the molecule is COC(c1nc(Cl)c2c(n1)CCC2)C1CCCCC1. The van der Waals surface area contributed by atoms with Crippen LogP contribution in [0, 0.1) is 5.92 Å². The molecule has 104 valence electrons. The van der Waals surface area contributed by atoms with Crippen molar-refractivity contribution in [3.63, 3.8) is 0 Å². The molecule has 1 saturated carbocycles. The van der Waals surface area contributed by atoms with Gasteiger partial charge in [0.15, 0.2) is 5.82 Å². The zero-order valence-electron chi connectivity index (χ0n) is 11.5. The van der Waals surface area contributed by atoms with Gasteiger partial charge in [0, 0.05) is 18.4 Å². The second kappa shape index (κ2) is 5.76. The van der Waals surface area contributed by atoms with Crippen molar-refractivity contribution in [3.05, 3.63) is 22.2 Å². The van der Waals surface area contributed by atoms with E-state index in [1.54, 1.807) is 7.11 Å². The molecule has 19 heavy (non-hydrogen) atoms. The Hall–Kier alpha value is -0.670. The third-order valence-electron chi connectivity index (χ3n) is 4.49. The minimum absolute atomic E-state index is 0.0173. The van der Waals surface area contributed by atoms with Crippen molar-refractivity contribution in [2.75, 3.05) is 7.11 Å². The fourth-order valence-corrected chi connectivity index (χ4v) is 3.77. The molecule has 2 aliphatic rings. The second-order valence-corrected chi connectivity index (χ2v) is 6.06. The lowest BCUT2D eigenvalue weighted by Gasteiger charge is -2.28. The summed E-state index contributed by atoms with van der Waals surface area (Å²) in [5.74, 6) is 1.36. The summed E-state index contributed by atoms with van der Waals surface area (Å²) in [5, 5.41) is 0.648. The van der Waals surface area contributed by atoms with Gasteiger partial charge in [0.05, 0.1) is 0 Å². The van der Waals surface area contributed by atoms with E-state index in [9.17, 15) is 0 Å². The average molecular weight is 281 g/mol. The molecule has 0 aliphatic heterocycles. The van der Waals surface area contributed by atoms with Crippen LogP contribution in [0.2, 0.25) is 5.15 Å². The summed E-state index contributed by atoms with van der Waals surface area (Å²) in [7, 11) is 1.77. The van der Waals surface area contributed by atoms with Crippen LogP contribution in [0.3, 0.4) is 0 Å². The van der Waals surface area contributed by atoms with Crippen molar-refractivity contribution in [2.45, 2.75) is 57.5 Å². The molecule has 0 aromatic carbocycles. The summed E-state index contributed by atoms with van der Waals surface area (Å²) in [5.41, 5.74) is 2.30. The molecular formula is C15H21ClN2O. The van der Waals surface area contributed by atoms with Gasteiger partial charge in [-0.3, -0.25) is 0 Å². The summed E-state index contributed by atoms with van der Waals surface area (Å²) in [4.78, 5) is 9.26. The van der Waals surface area contributed by atoms with Crippen LogP contribution in [-0.4, -0.2) is 17.1 Å². The van der Waals surface area contributed by atoms with Gasteiger partial charge < -0.3 is 4.74 Å². The number of fused-ring (bicyclic) bond motifs is 1. The number of rotatable bonds is 3. The maximum absolute atomic E-state index is 6.31. The van der Waals surface area contributed by atoms with E-state index in [-0.39, 0.29) is 6.10 Å². The molecule has 2 aliphatic carbocycles. The number of aromatic nitrogens is 2. The molecule has 0 saturated heterocycles. The molecule has 1 aromatic rings. The molecule has 0 spiro atoms. The highest BCUT2D eigenvalue weighted by Crippen LogP contribution is 2.36. The number of nitrogens with zero attached hydrogens (tertiary/aromatic N) is 2. The first-order valence-corrected chi connectivity index (χ1v) is 7.75. The molecule has 0 N–H and O–H groups in total. The maximum atomic E-state index is 6.31. The fraction of sp³-hybridized carbons (Fsp3) is 0.733. The van der Waals surface area contributed by atoms with Crippen molar-refractivity contribution >= 4 is 11.6 Å². The molecule has 1 aromatic heterocycles. The van der Waals surface area contributed by atoms with E-state index in [1.807, 2.05) is 0 Å². The van der Waals surface area contributed by atoms with Gasteiger partial charge in [-0.15, -0.1) is 0 Å². The first kappa shape index (κ1) is 13.3. The summed E-state index contributed by atoms with van der Waals surface area (Å²) in [6, 6.07) is 0. The monoisotopic (exact) mass is 280 g/mol. The molecule has 1 heterocycles. The van der Waals surface area contributed by atoms with Gasteiger partial charge in [-0.2, -0.15) is 0 Å². The van der Waals surface area contributed by atoms with Gasteiger partial charge in [-0.05, 0) is 38.0 Å². The van der Waals surface area contributed by atoms with E-state index >= 15 is 0 Å². The lowest BCUT2D eigenvalue weighted by atomic mass is 9.85. The molecule has 1 fully saturated rings. The van der Waals surface area contributed by atoms with Gasteiger partial charge in [-0.1, -0.05) is 30.9 Å². The van der Waals surface area contributed by atoms with E-state index in [4.69, 9.17) is 21.3 Å². The number of methoxy groups -OCH3 is 1. The molecule has 1 unspecified atom stereocenters. The number of ether oxygens (including phenoxy) is 1. The highest BCUT2D eigenvalue weighted by Gasteiger charge is 2.29. The van der Waals surface area contributed by atoms with E-state index in [0.717, 1.165) is 36.3 Å². The molecule has 4 heteroatoms. The van der Waals surface area contributed by atoms with Gasteiger partial charge in [0.2, 0.25) is 0 Å². The summed E-state index contributed by atoms with van der Waals surface area (Å²) in [6.45, 7) is 0. The predicted octanol–water partition coefficient (Wildman–Crippen LogP) is 3.89. The van der Waals surface area contributed by atoms with Crippen LogP contribution in [0.15, 0.2) is 0 Å². The van der Waals surface area contributed by atoms with Gasteiger partial charge in [0.25, 0.3) is 0 Å². The van der Waals surface area contributed by atoms with Crippen molar-refractivity contribution < 1.29 is 4.74 Å². The Morgan fingerprint density at radius 3 is 2.63 bits per heavy atom. The first-order chi connectivity index (χ1) is 9.29. The van der Waals surface area contributed by atoms with Crippen molar-refractivity contribution in [1.82, 2.24) is 9.97 Å². The molecule has 0 radical (unpaired) electrons. The topological polar surface area (TPSA) is 35.0 Å². The van der Waals surface area contributed by atoms with Crippen molar-refractivity contribution in [2.24, 2.45) is 5.92 Å². The smallest absolute Gasteiger partial charge is 0.159 e. The molecule has 3 nitrogen and oxygen atoms in total. The number of hydrogen-bond donors (Lipinski definition) is 0. The molecule has 3 rings (SSSR count). The van der Waals surface area contributed by atoms with Crippen LogP contribution in [-0.2, 0) is 17.6 Å². The molecule has 0 bridgehead atoms. The van der Waals surface area contributed by atoms with Gasteiger partial charge in [0.1, 0.15) is 11.3 Å². The van der Waals surface area contributed by atoms with Crippen LogP contribution < -0.4 is 0 Å². The Kier molecular flexibility index (Phi) is 4.04. The average Bonchev–Trinajstić information content (AvgIpc) is 2.90. The Morgan fingerprint density at radius 2 is 1.89 bits per heavy atom. The van der Waals surface area contributed by atoms with Crippen LogP contribution in [0.25, 0.3) is 0 Å². The summed E-state index contributed by atoms with van der Waals surface area (Å²) < 4.78 is 5.71. The Morgan fingerprint density at radius 1 is 1.11 bits per heavy atom. The van der Waals surface area contributed by atoms with Crippen molar-refractivity contribution in [1.29, 1.82) is 0 Å². The number of halogens is 1. The minimum Gasteiger partial charge on any atom is -0.373 e. The van der Waals surface area contributed by atoms with Crippen molar-refractivity contribution in [3.8, 4) is 0 Å². The molecule has 0 amide bonds. The second-order valence-electron chi connectivity index (χ2n) is 5.71. The number of hydrogen-bond acceptors (Lipinski definition) is 3. The van der Waals surface area contributed by atoms with E-state index < -0.39 is 0 Å². The normalized spacial score (nSPS) is 21.4. The van der Waals surface area contributed by atoms with E-state index in [2.05, 4.69) is 4.98 Å². The lowest BCUT2D eigenvalue weighted by Crippen LogP contribution is -2.21. The van der Waals surface area contributed by atoms with Crippen LogP contribution in [0.4, 0.5) is 0 Å². The van der Waals surface area contributed by atoms with E-state index in [0.29, 0.717) is 11.1 Å². The summed E-state index contributed by atoms with van der Waals surface area (Å²) in [6.07, 6.45) is 9.59. The standard InChI is InChI=1S/C15H21ClN2O/c1-19-13(10-6-3-2-4-7-10)15-17-12-9-5-8-11(12)14(16)18-15/h10,13H,2-9H2,1H3. The predicted molar refractivity (Wildman–Crippen MR) is 75.4 cm³/mol. The largest absolute Gasteiger partial charge is 0.373 e. The van der Waals surface area contributed by atoms with E-state index in [1.165, 1.54) is 32.1 Å². The third kappa shape index (κ3) is 2.63. The highest BCUT2D eigenvalue weighted by atomic mass is 35.5. The fourth-order valence-electron chi connectivity index (χ4n) is 3.48. The Bertz CT molecular complexity index is 458.